The Kier molecular flexibility index (Phi) is 5.13. The first-order chi connectivity index (χ1) is 10.8. The van der Waals surface area contributed by atoms with Crippen LogP contribution in [0.5, 0.6) is 0 Å². The Bertz CT molecular complexity index is 609. The summed E-state index contributed by atoms with van der Waals surface area (Å²) in [7, 11) is 0. The first-order valence-corrected chi connectivity index (χ1v) is 8.29. The number of halogens is 1. The van der Waals surface area contributed by atoms with E-state index in [0.29, 0.717) is 6.04 Å². The smallest absolute Gasteiger partial charge is 0.0695 e. The molecule has 5 heteroatoms. The molecule has 3 rings (SSSR count). The summed E-state index contributed by atoms with van der Waals surface area (Å²) in [5.41, 5.74) is 3.33. The molecule has 0 radical (unpaired) electrons. The number of aliphatic hydroxyl groups excluding tert-OH is 1. The molecule has 0 bridgehead atoms. The summed E-state index contributed by atoms with van der Waals surface area (Å²) in [4.78, 5) is 2.51. The maximum atomic E-state index is 8.96. The highest BCUT2D eigenvalue weighted by atomic mass is 35.5. The summed E-state index contributed by atoms with van der Waals surface area (Å²) in [6.07, 6.45) is 6.39. The van der Waals surface area contributed by atoms with E-state index >= 15 is 0 Å². The number of aliphatic hydroxyl groups is 1. The van der Waals surface area contributed by atoms with Gasteiger partial charge in [0.1, 0.15) is 0 Å². The van der Waals surface area contributed by atoms with Crippen LogP contribution in [-0.4, -0.2) is 39.4 Å². The van der Waals surface area contributed by atoms with E-state index in [1.54, 1.807) is 0 Å². The molecule has 4 nitrogen and oxygen atoms in total. The van der Waals surface area contributed by atoms with Crippen LogP contribution in [0.2, 0.25) is 5.02 Å². The summed E-state index contributed by atoms with van der Waals surface area (Å²) in [5, 5.41) is 17.0. The average Bonchev–Trinajstić information content (AvgIpc) is 3.26. The molecule has 1 aromatic carbocycles. The summed E-state index contributed by atoms with van der Waals surface area (Å²) < 4.78 is 0. The van der Waals surface area contributed by atoms with Gasteiger partial charge < -0.3 is 5.11 Å². The van der Waals surface area contributed by atoms with Crippen molar-refractivity contribution in [1.29, 1.82) is 0 Å². The Morgan fingerprint density at radius 3 is 2.91 bits per heavy atom. The fraction of sp³-hybridized carbons (Fsp3) is 0.471. The van der Waals surface area contributed by atoms with Crippen LogP contribution < -0.4 is 0 Å². The standard InChI is InChI=1S/C17H22ClN3O/c18-15-5-3-4-13(10-15)17-14(11-19-20-17)12-21(16-6-7-16)8-1-2-9-22/h3-5,10-11,16,22H,1-2,6-9,12H2,(H,19,20). The Morgan fingerprint density at radius 1 is 1.32 bits per heavy atom. The molecule has 118 valence electrons. The Balaban J connectivity index is 1.73. The van der Waals surface area contributed by atoms with Gasteiger partial charge in [-0.15, -0.1) is 0 Å². The predicted molar refractivity (Wildman–Crippen MR) is 88.8 cm³/mol. The molecule has 1 fully saturated rings. The fourth-order valence-corrected chi connectivity index (χ4v) is 2.99. The highest BCUT2D eigenvalue weighted by Crippen LogP contribution is 2.31. The number of hydrogen-bond acceptors (Lipinski definition) is 3. The minimum atomic E-state index is 0.276. The minimum absolute atomic E-state index is 0.276. The van der Waals surface area contributed by atoms with Crippen molar-refractivity contribution in [3.63, 3.8) is 0 Å². The molecule has 1 aliphatic rings. The van der Waals surface area contributed by atoms with Crippen molar-refractivity contribution in [1.82, 2.24) is 15.1 Å². The number of nitrogens with one attached hydrogen (secondary N) is 1. The molecule has 0 spiro atoms. The molecular formula is C17H22ClN3O. The first-order valence-electron chi connectivity index (χ1n) is 7.91. The molecule has 0 saturated heterocycles. The normalized spacial score (nSPS) is 14.7. The Morgan fingerprint density at radius 2 is 2.18 bits per heavy atom. The Labute approximate surface area is 136 Å². The quantitative estimate of drug-likeness (QED) is 0.733. The zero-order chi connectivity index (χ0) is 15.4. The van der Waals surface area contributed by atoms with Crippen LogP contribution in [0.1, 0.15) is 31.2 Å². The molecule has 0 atom stereocenters. The van der Waals surface area contributed by atoms with Gasteiger partial charge in [0.25, 0.3) is 0 Å². The van der Waals surface area contributed by atoms with Gasteiger partial charge in [0.15, 0.2) is 0 Å². The van der Waals surface area contributed by atoms with Gasteiger partial charge in [0.2, 0.25) is 0 Å². The second-order valence-corrected chi connectivity index (χ2v) is 6.35. The lowest BCUT2D eigenvalue weighted by atomic mass is 10.1. The summed E-state index contributed by atoms with van der Waals surface area (Å²) in [5.74, 6) is 0. The van der Waals surface area contributed by atoms with E-state index in [1.165, 1.54) is 18.4 Å². The molecular weight excluding hydrogens is 298 g/mol. The maximum absolute atomic E-state index is 8.96. The number of aromatic nitrogens is 2. The second-order valence-electron chi connectivity index (χ2n) is 5.91. The predicted octanol–water partition coefficient (Wildman–Crippen LogP) is 3.47. The highest BCUT2D eigenvalue weighted by molar-refractivity contribution is 6.30. The third kappa shape index (κ3) is 3.88. The van der Waals surface area contributed by atoms with Crippen LogP contribution in [0, 0.1) is 0 Å². The van der Waals surface area contributed by atoms with E-state index in [0.717, 1.165) is 42.2 Å². The number of aromatic amines is 1. The third-order valence-corrected chi connectivity index (χ3v) is 4.36. The van der Waals surface area contributed by atoms with E-state index in [4.69, 9.17) is 16.7 Å². The van der Waals surface area contributed by atoms with Crippen LogP contribution >= 0.6 is 11.6 Å². The highest BCUT2D eigenvalue weighted by Gasteiger charge is 2.29. The molecule has 1 saturated carbocycles. The van der Waals surface area contributed by atoms with Gasteiger partial charge in [-0.2, -0.15) is 5.10 Å². The van der Waals surface area contributed by atoms with Crippen molar-refractivity contribution < 1.29 is 5.11 Å². The molecule has 22 heavy (non-hydrogen) atoms. The molecule has 2 N–H and O–H groups in total. The molecule has 1 aromatic heterocycles. The van der Waals surface area contributed by atoms with Crippen molar-refractivity contribution in [2.75, 3.05) is 13.2 Å². The van der Waals surface area contributed by atoms with Crippen LogP contribution in [0.4, 0.5) is 0 Å². The van der Waals surface area contributed by atoms with Gasteiger partial charge in [-0.05, 0) is 44.4 Å². The lowest BCUT2D eigenvalue weighted by Crippen LogP contribution is -2.27. The summed E-state index contributed by atoms with van der Waals surface area (Å²) in [6, 6.07) is 8.55. The van der Waals surface area contributed by atoms with E-state index in [2.05, 4.69) is 21.2 Å². The molecule has 0 aliphatic heterocycles. The van der Waals surface area contributed by atoms with Gasteiger partial charge in [-0.3, -0.25) is 10.00 Å². The van der Waals surface area contributed by atoms with Gasteiger partial charge >= 0.3 is 0 Å². The van der Waals surface area contributed by atoms with E-state index in [-0.39, 0.29) is 6.61 Å². The van der Waals surface area contributed by atoms with Gasteiger partial charge in [0.05, 0.1) is 11.9 Å². The minimum Gasteiger partial charge on any atom is -0.396 e. The van der Waals surface area contributed by atoms with Crippen LogP contribution in [0.25, 0.3) is 11.3 Å². The molecule has 1 heterocycles. The SMILES string of the molecule is OCCCCN(Cc1cn[nH]c1-c1cccc(Cl)c1)C1CC1. The van der Waals surface area contributed by atoms with E-state index in [9.17, 15) is 0 Å². The number of H-pyrrole nitrogens is 1. The van der Waals surface area contributed by atoms with Crippen molar-refractivity contribution in [2.45, 2.75) is 38.3 Å². The fourth-order valence-electron chi connectivity index (χ4n) is 2.80. The first kappa shape index (κ1) is 15.5. The summed E-state index contributed by atoms with van der Waals surface area (Å²) in [6.45, 7) is 2.21. The molecule has 0 amide bonds. The average molecular weight is 320 g/mol. The van der Waals surface area contributed by atoms with E-state index < -0.39 is 0 Å². The van der Waals surface area contributed by atoms with Crippen molar-refractivity contribution in [2.24, 2.45) is 0 Å². The number of nitrogens with zero attached hydrogens (tertiary/aromatic N) is 2. The Hall–Kier alpha value is -1.36. The molecule has 1 aliphatic carbocycles. The third-order valence-electron chi connectivity index (χ3n) is 4.12. The second kappa shape index (κ2) is 7.27. The van der Waals surface area contributed by atoms with Crippen molar-refractivity contribution >= 4 is 11.6 Å². The van der Waals surface area contributed by atoms with Crippen molar-refractivity contribution in [3.05, 3.63) is 41.0 Å². The number of rotatable bonds is 8. The van der Waals surface area contributed by atoms with Gasteiger partial charge in [-0.25, -0.2) is 0 Å². The molecule has 0 unspecified atom stereocenters. The lowest BCUT2D eigenvalue weighted by molar-refractivity contribution is 0.229. The molecule has 2 aromatic rings. The van der Waals surface area contributed by atoms with Gasteiger partial charge in [-0.1, -0.05) is 23.7 Å². The lowest BCUT2D eigenvalue weighted by Gasteiger charge is -2.21. The topological polar surface area (TPSA) is 52.1 Å². The zero-order valence-electron chi connectivity index (χ0n) is 12.6. The summed E-state index contributed by atoms with van der Waals surface area (Å²) >= 11 is 6.10. The number of hydrogen-bond donors (Lipinski definition) is 2. The monoisotopic (exact) mass is 319 g/mol. The van der Waals surface area contributed by atoms with Crippen molar-refractivity contribution in [3.8, 4) is 11.3 Å². The zero-order valence-corrected chi connectivity index (χ0v) is 13.4. The van der Waals surface area contributed by atoms with Gasteiger partial charge in [0, 0.05) is 35.3 Å². The van der Waals surface area contributed by atoms with E-state index in [1.807, 2.05) is 24.4 Å². The van der Waals surface area contributed by atoms with Crippen LogP contribution in [0.15, 0.2) is 30.5 Å². The maximum Gasteiger partial charge on any atom is 0.0695 e. The number of unbranched alkanes of at least 4 members (excludes halogenated alkanes) is 1. The largest absolute Gasteiger partial charge is 0.396 e. The number of benzene rings is 1. The van der Waals surface area contributed by atoms with Crippen LogP contribution in [0.3, 0.4) is 0 Å². The van der Waals surface area contributed by atoms with Crippen LogP contribution in [-0.2, 0) is 6.54 Å².